The second-order valence-corrected chi connectivity index (χ2v) is 10.5. The molecule has 1 saturated carbocycles. The molecule has 37 heavy (non-hydrogen) atoms. The van der Waals surface area contributed by atoms with Gasteiger partial charge in [-0.25, -0.2) is 4.98 Å². The van der Waals surface area contributed by atoms with Crippen molar-refractivity contribution in [2.75, 3.05) is 13.7 Å². The Bertz CT molecular complexity index is 1070. The van der Waals surface area contributed by atoms with Crippen molar-refractivity contribution in [2.45, 2.75) is 76.4 Å². The molecule has 3 unspecified atom stereocenters. The van der Waals surface area contributed by atoms with Gasteiger partial charge in [-0.15, -0.1) is 0 Å². The van der Waals surface area contributed by atoms with Gasteiger partial charge < -0.3 is 25.7 Å². The zero-order valence-electron chi connectivity index (χ0n) is 21.8. The van der Waals surface area contributed by atoms with Crippen LogP contribution in [0.5, 0.6) is 5.75 Å². The summed E-state index contributed by atoms with van der Waals surface area (Å²) in [6.07, 6.45) is 10.1. The third-order valence-electron chi connectivity index (χ3n) is 7.99. The van der Waals surface area contributed by atoms with Crippen LogP contribution in [-0.2, 0) is 20.8 Å². The maximum atomic E-state index is 13.6. The minimum atomic E-state index is -0.686. The van der Waals surface area contributed by atoms with Crippen molar-refractivity contribution in [1.29, 1.82) is 0 Å². The predicted molar refractivity (Wildman–Crippen MR) is 140 cm³/mol. The van der Waals surface area contributed by atoms with E-state index in [1.807, 2.05) is 24.3 Å². The molecule has 9 heteroatoms. The highest BCUT2D eigenvalue weighted by Gasteiger charge is 2.43. The quantitative estimate of drug-likeness (QED) is 0.451. The third kappa shape index (κ3) is 6.57. The van der Waals surface area contributed by atoms with Gasteiger partial charge in [-0.05, 0) is 31.2 Å². The van der Waals surface area contributed by atoms with Crippen molar-refractivity contribution in [1.82, 2.24) is 20.2 Å². The van der Waals surface area contributed by atoms with Crippen molar-refractivity contribution >= 4 is 17.6 Å². The Hall–Kier alpha value is -3.20. The summed E-state index contributed by atoms with van der Waals surface area (Å²) in [6.45, 7) is 2.02. The molecule has 4 rings (SSSR count). The molecule has 4 N–H and O–H groups in total. The molecular weight excluding hydrogens is 470 g/mol. The Kier molecular flexibility index (Phi) is 8.97. The number of para-hydroxylation sites is 1. The van der Waals surface area contributed by atoms with Crippen LogP contribution in [0.4, 0.5) is 0 Å². The first-order chi connectivity index (χ1) is 17.9. The normalized spacial score (nSPS) is 21.9. The van der Waals surface area contributed by atoms with Crippen molar-refractivity contribution in [3.8, 4) is 5.75 Å². The van der Waals surface area contributed by atoms with Crippen LogP contribution in [0.1, 0.15) is 69.2 Å². The number of amides is 2. The topological polar surface area (TPSA) is 130 Å². The van der Waals surface area contributed by atoms with Crippen LogP contribution in [0.15, 0.2) is 36.8 Å². The van der Waals surface area contributed by atoms with E-state index in [0.717, 1.165) is 24.1 Å². The molecule has 1 aromatic heterocycles. The number of likely N-dealkylation sites (tertiary alicyclic amines) is 1. The molecule has 1 saturated heterocycles. The molecule has 0 bridgehead atoms. The Morgan fingerprint density at radius 3 is 2.62 bits per heavy atom. The van der Waals surface area contributed by atoms with E-state index < -0.39 is 18.1 Å². The number of hydrogen-bond donors (Lipinski definition) is 3. The summed E-state index contributed by atoms with van der Waals surface area (Å²) in [7, 11) is 1.58. The van der Waals surface area contributed by atoms with E-state index in [9.17, 15) is 14.4 Å². The number of H-pyrrole nitrogens is 1. The van der Waals surface area contributed by atoms with Gasteiger partial charge in [0.05, 0.1) is 19.5 Å². The first-order valence-electron chi connectivity index (χ1n) is 13.3. The number of nitrogens with two attached hydrogens (primary N) is 1. The van der Waals surface area contributed by atoms with Gasteiger partial charge in [-0.3, -0.25) is 14.4 Å². The number of rotatable bonds is 10. The molecular formula is C28H39N5O4. The Labute approximate surface area is 218 Å². The number of carbonyl (C=O) groups is 3. The standard InChI is InChI=1S/C28H39N5O4/c1-18(34)24(13-21-15-30-17-31-21)32-28(36)25-12-20(19-8-4-3-5-9-19)16-33(25)27(35)14-23(29)22-10-6-7-11-26(22)37-2/h6-7,10-11,15,17,19-20,23-25H,3-5,8-9,12-14,16,29H2,1-2H3,(H,30,31)(H,32,36)/t20?,23?,24?,25-/m0/s1. The number of aromatic amines is 1. The lowest BCUT2D eigenvalue weighted by molar-refractivity contribution is -0.139. The maximum absolute atomic E-state index is 13.6. The van der Waals surface area contributed by atoms with E-state index in [1.54, 1.807) is 24.5 Å². The summed E-state index contributed by atoms with van der Waals surface area (Å²) in [5, 5.41) is 2.93. The Morgan fingerprint density at radius 2 is 1.95 bits per heavy atom. The summed E-state index contributed by atoms with van der Waals surface area (Å²) in [4.78, 5) is 48.2. The summed E-state index contributed by atoms with van der Waals surface area (Å²) in [5.41, 5.74) is 7.98. The predicted octanol–water partition coefficient (Wildman–Crippen LogP) is 2.92. The first kappa shape index (κ1) is 26.9. The van der Waals surface area contributed by atoms with Crippen LogP contribution in [-0.4, -0.2) is 58.2 Å². The lowest BCUT2D eigenvalue weighted by atomic mass is 9.79. The van der Waals surface area contributed by atoms with E-state index in [-0.39, 0.29) is 29.9 Å². The molecule has 1 aliphatic heterocycles. The molecule has 2 heterocycles. The molecule has 1 aliphatic carbocycles. The smallest absolute Gasteiger partial charge is 0.243 e. The molecule has 1 aromatic carbocycles. The molecule has 2 aliphatic rings. The fraction of sp³-hybridized carbons (Fsp3) is 0.571. The molecule has 2 aromatic rings. The van der Waals surface area contributed by atoms with Gasteiger partial charge in [0, 0.05) is 42.9 Å². The first-order valence-corrected chi connectivity index (χ1v) is 13.3. The van der Waals surface area contributed by atoms with Crippen molar-refractivity contribution in [2.24, 2.45) is 17.6 Å². The Morgan fingerprint density at radius 1 is 1.19 bits per heavy atom. The molecule has 2 amide bonds. The summed E-state index contributed by atoms with van der Waals surface area (Å²) < 4.78 is 5.43. The lowest BCUT2D eigenvalue weighted by Crippen LogP contribution is -2.51. The number of nitrogens with zero attached hydrogens (tertiary/aromatic N) is 2. The number of ether oxygens (including phenoxy) is 1. The van der Waals surface area contributed by atoms with Crippen molar-refractivity contribution in [3.05, 3.63) is 48.0 Å². The largest absolute Gasteiger partial charge is 0.496 e. The molecule has 0 radical (unpaired) electrons. The van der Waals surface area contributed by atoms with Gasteiger partial charge in [0.15, 0.2) is 5.78 Å². The zero-order valence-corrected chi connectivity index (χ0v) is 21.8. The van der Waals surface area contributed by atoms with E-state index in [4.69, 9.17) is 10.5 Å². The molecule has 0 spiro atoms. The number of aromatic nitrogens is 2. The SMILES string of the molecule is COc1ccccc1C(N)CC(=O)N1CC(C2CCCCC2)C[C@H]1C(=O)NC(Cc1cnc[nH]1)C(C)=O. The Balaban J connectivity index is 1.50. The van der Waals surface area contributed by atoms with Gasteiger partial charge in [0.25, 0.3) is 0 Å². The minimum absolute atomic E-state index is 0.0752. The van der Waals surface area contributed by atoms with Gasteiger partial charge in [0.2, 0.25) is 11.8 Å². The summed E-state index contributed by atoms with van der Waals surface area (Å²) >= 11 is 0. The highest BCUT2D eigenvalue weighted by molar-refractivity contribution is 5.92. The highest BCUT2D eigenvalue weighted by Crippen LogP contribution is 2.38. The summed E-state index contributed by atoms with van der Waals surface area (Å²) in [6, 6.07) is 5.57. The number of benzene rings is 1. The monoisotopic (exact) mass is 509 g/mol. The number of hydrogen-bond acceptors (Lipinski definition) is 6. The average Bonchev–Trinajstić information content (AvgIpc) is 3.59. The van der Waals surface area contributed by atoms with Crippen LogP contribution in [0.2, 0.25) is 0 Å². The summed E-state index contributed by atoms with van der Waals surface area (Å²) in [5.74, 6) is 0.855. The van der Waals surface area contributed by atoms with E-state index >= 15 is 0 Å². The highest BCUT2D eigenvalue weighted by atomic mass is 16.5. The van der Waals surface area contributed by atoms with Crippen molar-refractivity contribution < 1.29 is 19.1 Å². The van der Waals surface area contributed by atoms with Crippen molar-refractivity contribution in [3.63, 3.8) is 0 Å². The number of nitrogens with one attached hydrogen (secondary N) is 2. The van der Waals surface area contributed by atoms with Gasteiger partial charge in [-0.2, -0.15) is 0 Å². The minimum Gasteiger partial charge on any atom is -0.496 e. The fourth-order valence-electron chi connectivity index (χ4n) is 5.91. The molecule has 200 valence electrons. The van der Waals surface area contributed by atoms with E-state index in [0.29, 0.717) is 31.1 Å². The van der Waals surface area contributed by atoms with E-state index in [1.165, 1.54) is 26.2 Å². The molecule has 9 nitrogen and oxygen atoms in total. The van der Waals surface area contributed by atoms with Crippen LogP contribution in [0, 0.1) is 11.8 Å². The zero-order chi connectivity index (χ0) is 26.4. The van der Waals surface area contributed by atoms with Gasteiger partial charge in [-0.1, -0.05) is 50.3 Å². The van der Waals surface area contributed by atoms with Gasteiger partial charge in [0.1, 0.15) is 11.8 Å². The maximum Gasteiger partial charge on any atom is 0.243 e. The van der Waals surface area contributed by atoms with E-state index in [2.05, 4.69) is 15.3 Å². The molecule has 4 atom stereocenters. The third-order valence-corrected chi connectivity index (χ3v) is 7.99. The van der Waals surface area contributed by atoms with Crippen LogP contribution < -0.4 is 15.8 Å². The number of carbonyl (C=O) groups excluding carboxylic acids is 3. The number of imidazole rings is 1. The second kappa shape index (κ2) is 12.4. The average molecular weight is 510 g/mol. The van der Waals surface area contributed by atoms with Gasteiger partial charge >= 0.3 is 0 Å². The number of Topliss-reactive ketones (excluding diaryl/α,β-unsaturated/α-hetero) is 1. The second-order valence-electron chi connectivity index (χ2n) is 10.5. The molecule has 2 fully saturated rings. The van der Waals surface area contributed by atoms with Crippen LogP contribution >= 0.6 is 0 Å². The van der Waals surface area contributed by atoms with Crippen LogP contribution in [0.3, 0.4) is 0 Å². The fourth-order valence-corrected chi connectivity index (χ4v) is 5.91. The van der Waals surface area contributed by atoms with Crippen LogP contribution in [0.25, 0.3) is 0 Å². The number of ketones is 1. The lowest BCUT2D eigenvalue weighted by Gasteiger charge is -2.28. The number of methoxy groups -OCH3 is 1.